The minimum absolute atomic E-state index is 0.0428. The first-order valence-electron chi connectivity index (χ1n) is 12.3. The lowest BCUT2D eigenvalue weighted by molar-refractivity contribution is 0.296. The molecule has 0 atom stereocenters. The lowest BCUT2D eigenvalue weighted by Gasteiger charge is -2.30. The van der Waals surface area contributed by atoms with Crippen molar-refractivity contribution >= 4 is 33.0 Å². The number of hydrogen-bond acceptors (Lipinski definition) is 4. The zero-order valence-corrected chi connectivity index (χ0v) is 23.5. The molecule has 2 aromatic rings. The maximum atomic E-state index is 11.3. The summed E-state index contributed by atoms with van der Waals surface area (Å²) in [5, 5.41) is 11.8. The number of nitrogens with two attached hydrogens (primary N) is 1. The highest BCUT2D eigenvalue weighted by Gasteiger charge is 2.26. The zero-order valence-electron chi connectivity index (χ0n) is 21.9. The summed E-state index contributed by atoms with van der Waals surface area (Å²) in [6.45, 7) is 14.9. The largest absolute Gasteiger partial charge is 0.493 e. The summed E-state index contributed by atoms with van der Waals surface area (Å²) in [6.07, 6.45) is 3.93. The third-order valence-electron chi connectivity index (χ3n) is 6.81. The molecule has 8 heteroatoms. The second kappa shape index (κ2) is 12.2. The number of ether oxygens (including phenoxy) is 1. The van der Waals surface area contributed by atoms with Crippen LogP contribution >= 0.6 is 12.2 Å². The molecular formula is C27H41N3O3S2. The van der Waals surface area contributed by atoms with E-state index in [1.165, 1.54) is 23.3 Å². The van der Waals surface area contributed by atoms with E-state index in [-0.39, 0.29) is 15.7 Å². The normalized spacial score (nSPS) is 12.3. The molecule has 2 aromatic carbocycles. The van der Waals surface area contributed by atoms with Crippen LogP contribution in [0.4, 0.5) is 5.69 Å². The Hall–Kier alpha value is -2.16. The molecule has 0 saturated heterocycles. The number of hydrogen-bond donors (Lipinski definition) is 3. The van der Waals surface area contributed by atoms with Crippen LogP contribution in [0.3, 0.4) is 0 Å². The van der Waals surface area contributed by atoms with Crippen LogP contribution in [0.2, 0.25) is 0 Å². The second-order valence-electron chi connectivity index (χ2n) is 10.2. The highest BCUT2D eigenvalue weighted by molar-refractivity contribution is 7.89. The Labute approximate surface area is 217 Å². The number of anilines is 1. The standard InChI is InChI=1S/C27H41N3O3S2/c1-7-26(3,4)20-11-16-24(23(19-20)27(5,6)8-2)33-18-10-9-17-29-25(34)30-21-12-14-22(15-13-21)35(28,31)32/h11-16,19H,7-10,17-18H2,1-6H3,(H2,28,31,32)(H2,29,30,34). The number of primary sulfonamides is 1. The van der Waals surface area contributed by atoms with E-state index < -0.39 is 10.0 Å². The lowest BCUT2D eigenvalue weighted by Crippen LogP contribution is -2.29. The van der Waals surface area contributed by atoms with Gasteiger partial charge in [-0.2, -0.15) is 0 Å². The van der Waals surface area contributed by atoms with Crippen molar-refractivity contribution in [2.75, 3.05) is 18.5 Å². The van der Waals surface area contributed by atoms with Crippen LogP contribution in [0.25, 0.3) is 0 Å². The highest BCUT2D eigenvalue weighted by atomic mass is 32.2. The molecule has 0 fully saturated rings. The van der Waals surface area contributed by atoms with Crippen molar-refractivity contribution in [1.82, 2.24) is 5.32 Å². The Morgan fingerprint density at radius 3 is 2.17 bits per heavy atom. The summed E-state index contributed by atoms with van der Waals surface area (Å²) in [4.78, 5) is 0.0659. The van der Waals surface area contributed by atoms with Gasteiger partial charge in [-0.25, -0.2) is 13.6 Å². The fourth-order valence-electron chi connectivity index (χ4n) is 3.51. The topological polar surface area (TPSA) is 93.4 Å². The molecule has 0 radical (unpaired) electrons. The van der Waals surface area contributed by atoms with E-state index in [9.17, 15) is 8.42 Å². The van der Waals surface area contributed by atoms with Crippen molar-refractivity contribution in [2.24, 2.45) is 5.14 Å². The van der Waals surface area contributed by atoms with Gasteiger partial charge in [0.25, 0.3) is 0 Å². The molecule has 0 unspecified atom stereocenters. The van der Waals surface area contributed by atoms with Gasteiger partial charge in [0.2, 0.25) is 10.0 Å². The Bertz CT molecular complexity index is 1100. The van der Waals surface area contributed by atoms with Crippen molar-refractivity contribution in [1.29, 1.82) is 0 Å². The quantitative estimate of drug-likeness (QED) is 0.240. The molecule has 0 aliphatic heterocycles. The molecule has 0 heterocycles. The summed E-state index contributed by atoms with van der Waals surface area (Å²) in [5.74, 6) is 0.973. The number of sulfonamides is 1. The molecule has 2 rings (SSSR count). The summed E-state index contributed by atoms with van der Waals surface area (Å²) in [5.41, 5.74) is 3.50. The van der Waals surface area contributed by atoms with Gasteiger partial charge < -0.3 is 15.4 Å². The van der Waals surface area contributed by atoms with E-state index in [4.69, 9.17) is 22.1 Å². The average Bonchev–Trinajstić information content (AvgIpc) is 2.81. The van der Waals surface area contributed by atoms with Gasteiger partial charge in [0, 0.05) is 17.8 Å². The van der Waals surface area contributed by atoms with Crippen molar-refractivity contribution in [3.63, 3.8) is 0 Å². The summed E-state index contributed by atoms with van der Waals surface area (Å²) < 4.78 is 28.9. The van der Waals surface area contributed by atoms with Crippen LogP contribution in [0.5, 0.6) is 5.75 Å². The molecule has 0 bridgehead atoms. The van der Waals surface area contributed by atoms with Crippen molar-refractivity contribution in [2.45, 2.75) is 83.0 Å². The van der Waals surface area contributed by atoms with E-state index >= 15 is 0 Å². The Morgan fingerprint density at radius 2 is 1.60 bits per heavy atom. The summed E-state index contributed by atoms with van der Waals surface area (Å²) in [6, 6.07) is 12.8. The molecule has 0 aliphatic carbocycles. The SMILES string of the molecule is CCC(C)(C)c1ccc(OCCCCNC(=S)Nc2ccc(S(N)(=O)=O)cc2)c(C(C)(C)CC)c1. The lowest BCUT2D eigenvalue weighted by atomic mass is 9.76. The van der Waals surface area contributed by atoms with Gasteiger partial charge in [-0.3, -0.25) is 0 Å². The molecule has 0 saturated carbocycles. The summed E-state index contributed by atoms with van der Waals surface area (Å²) in [7, 11) is -3.70. The van der Waals surface area contributed by atoms with Crippen LogP contribution in [-0.4, -0.2) is 26.7 Å². The van der Waals surface area contributed by atoms with Gasteiger partial charge >= 0.3 is 0 Å². The van der Waals surface area contributed by atoms with Crippen LogP contribution < -0.4 is 20.5 Å². The van der Waals surface area contributed by atoms with Crippen molar-refractivity contribution in [3.8, 4) is 5.75 Å². The maximum Gasteiger partial charge on any atom is 0.238 e. The number of benzene rings is 2. The maximum absolute atomic E-state index is 11.3. The number of thiocarbonyl (C=S) groups is 1. The fraction of sp³-hybridized carbons (Fsp3) is 0.519. The zero-order chi connectivity index (χ0) is 26.3. The predicted molar refractivity (Wildman–Crippen MR) is 150 cm³/mol. The van der Waals surface area contributed by atoms with Gasteiger partial charge in [0.1, 0.15) is 5.75 Å². The smallest absolute Gasteiger partial charge is 0.238 e. The summed E-state index contributed by atoms with van der Waals surface area (Å²) >= 11 is 5.32. The van der Waals surface area contributed by atoms with E-state index in [0.29, 0.717) is 24.0 Å². The molecule has 35 heavy (non-hydrogen) atoms. The first kappa shape index (κ1) is 29.1. The first-order chi connectivity index (χ1) is 16.3. The van der Waals surface area contributed by atoms with Crippen molar-refractivity contribution < 1.29 is 13.2 Å². The molecule has 0 aliphatic rings. The Kier molecular flexibility index (Phi) is 10.1. The van der Waals surface area contributed by atoms with Gasteiger partial charge in [0.05, 0.1) is 11.5 Å². The van der Waals surface area contributed by atoms with Crippen LogP contribution in [0.15, 0.2) is 47.4 Å². The average molecular weight is 520 g/mol. The minimum Gasteiger partial charge on any atom is -0.493 e. The highest BCUT2D eigenvalue weighted by Crippen LogP contribution is 2.38. The minimum atomic E-state index is -3.70. The van der Waals surface area contributed by atoms with Gasteiger partial charge in [-0.15, -0.1) is 0 Å². The second-order valence-corrected chi connectivity index (χ2v) is 12.2. The van der Waals surface area contributed by atoms with Gasteiger partial charge in [-0.05, 0) is 84.6 Å². The molecule has 6 nitrogen and oxygen atoms in total. The van der Waals surface area contributed by atoms with Gasteiger partial charge in [0.15, 0.2) is 5.11 Å². The molecular weight excluding hydrogens is 478 g/mol. The van der Waals surface area contributed by atoms with E-state index in [1.807, 2.05) is 0 Å². The Morgan fingerprint density at radius 1 is 0.971 bits per heavy atom. The molecule has 0 spiro atoms. The van der Waals surface area contributed by atoms with Gasteiger partial charge in [-0.1, -0.05) is 53.7 Å². The predicted octanol–water partition coefficient (Wildman–Crippen LogP) is 5.85. The number of nitrogens with one attached hydrogen (secondary N) is 2. The number of unbranched alkanes of at least 4 members (excludes halogenated alkanes) is 1. The third-order valence-corrected chi connectivity index (χ3v) is 7.99. The first-order valence-corrected chi connectivity index (χ1v) is 14.2. The Balaban J connectivity index is 1.84. The molecule has 0 amide bonds. The van der Waals surface area contributed by atoms with E-state index in [2.05, 4.69) is 70.4 Å². The molecule has 4 N–H and O–H groups in total. The van der Waals surface area contributed by atoms with Crippen LogP contribution in [-0.2, 0) is 20.9 Å². The van der Waals surface area contributed by atoms with Crippen molar-refractivity contribution in [3.05, 3.63) is 53.6 Å². The molecule has 194 valence electrons. The number of rotatable bonds is 12. The monoisotopic (exact) mass is 519 g/mol. The van der Waals surface area contributed by atoms with Crippen LogP contribution in [0.1, 0.15) is 78.4 Å². The van der Waals surface area contributed by atoms with E-state index in [1.54, 1.807) is 12.1 Å². The molecule has 0 aromatic heterocycles. The third kappa shape index (κ3) is 8.47. The van der Waals surface area contributed by atoms with E-state index in [0.717, 1.165) is 31.4 Å². The van der Waals surface area contributed by atoms with Crippen LogP contribution in [0, 0.1) is 0 Å². The fourth-order valence-corrected chi connectivity index (χ4v) is 4.25.